The molecule has 2 heterocycles. The van der Waals surface area contributed by atoms with Gasteiger partial charge in [0.2, 0.25) is 0 Å². The van der Waals surface area contributed by atoms with Crippen molar-refractivity contribution in [3.05, 3.63) is 53.7 Å². The van der Waals surface area contributed by atoms with Crippen molar-refractivity contribution < 1.29 is 0 Å². The maximum atomic E-state index is 4.75. The molecule has 0 unspecified atom stereocenters. The Kier molecular flexibility index (Phi) is 3.47. The van der Waals surface area contributed by atoms with Crippen LogP contribution in [0, 0.1) is 0 Å². The number of pyridine rings is 1. The summed E-state index contributed by atoms with van der Waals surface area (Å²) in [6.45, 7) is 1.86. The summed E-state index contributed by atoms with van der Waals surface area (Å²) in [4.78, 5) is 7.08. The van der Waals surface area contributed by atoms with Crippen LogP contribution in [0.3, 0.4) is 0 Å². The molecule has 3 nitrogen and oxygen atoms in total. The van der Waals surface area contributed by atoms with E-state index in [-0.39, 0.29) is 0 Å². The molecule has 1 aliphatic heterocycles. The van der Waals surface area contributed by atoms with Gasteiger partial charge in [0.15, 0.2) is 0 Å². The lowest BCUT2D eigenvalue weighted by Crippen LogP contribution is -2.25. The number of nitrogens with one attached hydrogen (secondary N) is 1. The number of rotatable bonds is 3. The lowest BCUT2D eigenvalue weighted by molar-refractivity contribution is 0.748. The molecule has 3 heteroatoms. The third kappa shape index (κ3) is 2.47. The molecule has 0 amide bonds. The van der Waals surface area contributed by atoms with Crippen molar-refractivity contribution in [3.63, 3.8) is 0 Å². The van der Waals surface area contributed by atoms with Crippen molar-refractivity contribution in [2.24, 2.45) is 0 Å². The maximum absolute atomic E-state index is 4.75. The predicted molar refractivity (Wildman–Crippen MR) is 78.8 cm³/mol. The van der Waals surface area contributed by atoms with Gasteiger partial charge in [-0.25, -0.2) is 4.98 Å². The molecule has 0 bridgehead atoms. The molecule has 0 saturated carbocycles. The van der Waals surface area contributed by atoms with Gasteiger partial charge >= 0.3 is 0 Å². The minimum absolute atomic E-state index is 0.809. The first-order chi connectivity index (χ1) is 9.38. The van der Waals surface area contributed by atoms with Gasteiger partial charge in [0.1, 0.15) is 5.82 Å². The van der Waals surface area contributed by atoms with Gasteiger partial charge in [0.05, 0.1) is 5.69 Å². The van der Waals surface area contributed by atoms with Gasteiger partial charge in [-0.1, -0.05) is 24.3 Å². The van der Waals surface area contributed by atoms with E-state index >= 15 is 0 Å². The fraction of sp³-hybridized carbons (Fsp3) is 0.312. The number of benzene rings is 1. The summed E-state index contributed by atoms with van der Waals surface area (Å²) in [5.41, 5.74) is 3.82. The number of aryl methyl sites for hydroxylation is 1. The fourth-order valence-electron chi connectivity index (χ4n) is 2.67. The third-order valence-corrected chi connectivity index (χ3v) is 3.54. The first-order valence-electron chi connectivity index (χ1n) is 6.84. The van der Waals surface area contributed by atoms with Crippen molar-refractivity contribution >= 4 is 11.5 Å². The molecule has 0 aliphatic carbocycles. The number of anilines is 2. The van der Waals surface area contributed by atoms with Crippen molar-refractivity contribution in [1.29, 1.82) is 0 Å². The van der Waals surface area contributed by atoms with Crippen LogP contribution in [0.4, 0.5) is 11.5 Å². The normalized spacial score (nSPS) is 14.3. The van der Waals surface area contributed by atoms with E-state index in [1.165, 1.54) is 24.1 Å². The van der Waals surface area contributed by atoms with Crippen LogP contribution in [0.5, 0.6) is 0 Å². The van der Waals surface area contributed by atoms with E-state index < -0.39 is 0 Å². The second-order valence-corrected chi connectivity index (χ2v) is 4.90. The summed E-state index contributed by atoms with van der Waals surface area (Å²) >= 11 is 0. The number of para-hydroxylation sites is 1. The summed E-state index contributed by atoms with van der Waals surface area (Å²) in [6.07, 6.45) is 2.36. The van der Waals surface area contributed by atoms with Gasteiger partial charge < -0.3 is 10.2 Å². The zero-order chi connectivity index (χ0) is 13.1. The SMILES string of the molecule is CNCc1cccc(N2CCCc3ccccc32)n1. The number of aromatic nitrogens is 1. The number of fused-ring (bicyclic) bond motifs is 1. The summed E-state index contributed by atoms with van der Waals surface area (Å²) in [6, 6.07) is 14.9. The molecule has 1 aliphatic rings. The molecular formula is C16H19N3. The zero-order valence-corrected chi connectivity index (χ0v) is 11.3. The molecule has 1 N–H and O–H groups in total. The summed E-state index contributed by atoms with van der Waals surface area (Å²) in [5.74, 6) is 1.06. The van der Waals surface area contributed by atoms with Gasteiger partial charge in [-0.15, -0.1) is 0 Å². The summed E-state index contributed by atoms with van der Waals surface area (Å²) in [7, 11) is 1.95. The van der Waals surface area contributed by atoms with Gasteiger partial charge in [-0.2, -0.15) is 0 Å². The Hall–Kier alpha value is -1.87. The van der Waals surface area contributed by atoms with Gasteiger partial charge in [-0.3, -0.25) is 0 Å². The van der Waals surface area contributed by atoms with E-state index in [1.54, 1.807) is 0 Å². The Labute approximate surface area is 114 Å². The Bertz CT molecular complexity index is 565. The average Bonchev–Trinajstić information content (AvgIpc) is 2.47. The standard InChI is InChI=1S/C16H19N3/c1-17-12-14-8-4-10-16(18-14)19-11-5-7-13-6-2-3-9-15(13)19/h2-4,6,8-10,17H,5,7,11-12H2,1H3. The molecule has 98 valence electrons. The monoisotopic (exact) mass is 253 g/mol. The summed E-state index contributed by atoms with van der Waals surface area (Å²) in [5, 5.41) is 3.15. The van der Waals surface area contributed by atoms with Crippen LogP contribution in [0.25, 0.3) is 0 Å². The average molecular weight is 253 g/mol. The first-order valence-corrected chi connectivity index (χ1v) is 6.84. The number of nitrogens with zero attached hydrogens (tertiary/aromatic N) is 2. The van der Waals surface area contributed by atoms with Crippen LogP contribution in [0.2, 0.25) is 0 Å². The van der Waals surface area contributed by atoms with Crippen LogP contribution >= 0.6 is 0 Å². The third-order valence-electron chi connectivity index (χ3n) is 3.54. The lowest BCUT2D eigenvalue weighted by Gasteiger charge is -2.30. The molecule has 19 heavy (non-hydrogen) atoms. The molecule has 1 aromatic carbocycles. The molecule has 0 atom stereocenters. The van der Waals surface area contributed by atoms with E-state index in [1.807, 2.05) is 7.05 Å². The van der Waals surface area contributed by atoms with Crippen molar-refractivity contribution in [2.45, 2.75) is 19.4 Å². The van der Waals surface area contributed by atoms with E-state index in [0.717, 1.165) is 24.6 Å². The Morgan fingerprint density at radius 2 is 2.05 bits per heavy atom. The minimum atomic E-state index is 0.809. The smallest absolute Gasteiger partial charge is 0.133 e. The number of hydrogen-bond acceptors (Lipinski definition) is 3. The van der Waals surface area contributed by atoms with Crippen molar-refractivity contribution in [3.8, 4) is 0 Å². The van der Waals surface area contributed by atoms with Gasteiger partial charge in [-0.05, 0) is 43.7 Å². The zero-order valence-electron chi connectivity index (χ0n) is 11.3. The van der Waals surface area contributed by atoms with Crippen LogP contribution in [0.15, 0.2) is 42.5 Å². The lowest BCUT2D eigenvalue weighted by atomic mass is 10.0. The maximum Gasteiger partial charge on any atom is 0.133 e. The molecule has 0 fully saturated rings. The second-order valence-electron chi connectivity index (χ2n) is 4.90. The van der Waals surface area contributed by atoms with E-state index in [4.69, 9.17) is 4.98 Å². The number of hydrogen-bond donors (Lipinski definition) is 1. The van der Waals surface area contributed by atoms with E-state index in [0.29, 0.717) is 0 Å². The van der Waals surface area contributed by atoms with Crippen LogP contribution < -0.4 is 10.2 Å². The second kappa shape index (κ2) is 5.41. The van der Waals surface area contributed by atoms with Crippen LogP contribution in [-0.2, 0) is 13.0 Å². The summed E-state index contributed by atoms with van der Waals surface area (Å²) < 4.78 is 0. The Balaban J connectivity index is 1.97. The highest BCUT2D eigenvalue weighted by Crippen LogP contribution is 2.32. The van der Waals surface area contributed by atoms with E-state index in [2.05, 4.69) is 52.7 Å². The highest BCUT2D eigenvalue weighted by molar-refractivity contribution is 5.65. The highest BCUT2D eigenvalue weighted by Gasteiger charge is 2.18. The Morgan fingerprint density at radius 1 is 1.16 bits per heavy atom. The fourth-order valence-corrected chi connectivity index (χ4v) is 2.67. The quantitative estimate of drug-likeness (QED) is 0.911. The molecular weight excluding hydrogens is 234 g/mol. The van der Waals surface area contributed by atoms with Gasteiger partial charge in [0.25, 0.3) is 0 Å². The minimum Gasteiger partial charge on any atom is -0.326 e. The largest absolute Gasteiger partial charge is 0.326 e. The highest BCUT2D eigenvalue weighted by atomic mass is 15.2. The van der Waals surface area contributed by atoms with E-state index in [9.17, 15) is 0 Å². The van der Waals surface area contributed by atoms with Gasteiger partial charge in [0, 0.05) is 18.8 Å². The Morgan fingerprint density at radius 3 is 2.95 bits per heavy atom. The molecule has 1 aromatic heterocycles. The first kappa shape index (κ1) is 12.2. The van der Waals surface area contributed by atoms with Crippen molar-refractivity contribution in [2.75, 3.05) is 18.5 Å². The molecule has 3 rings (SSSR count). The topological polar surface area (TPSA) is 28.2 Å². The predicted octanol–water partition coefficient (Wildman–Crippen LogP) is 2.89. The molecule has 2 aromatic rings. The van der Waals surface area contributed by atoms with Crippen LogP contribution in [0.1, 0.15) is 17.7 Å². The van der Waals surface area contributed by atoms with Crippen molar-refractivity contribution in [1.82, 2.24) is 10.3 Å². The van der Waals surface area contributed by atoms with Crippen LogP contribution in [-0.4, -0.2) is 18.6 Å². The molecule has 0 saturated heterocycles. The molecule has 0 spiro atoms. The molecule has 0 radical (unpaired) electrons.